The quantitative estimate of drug-likeness (QED) is 0.0906. The molecule has 0 N–H and O–H groups in total. The summed E-state index contributed by atoms with van der Waals surface area (Å²) < 4.78 is 152. The summed E-state index contributed by atoms with van der Waals surface area (Å²) in [7, 11) is -12.6. The Kier molecular flexibility index (Phi) is 21.1. The van der Waals surface area contributed by atoms with E-state index in [0.29, 0.717) is 33.0 Å². The molecule has 0 aliphatic carbocycles. The molecule has 282 valence electrons. The van der Waals surface area contributed by atoms with E-state index in [1.165, 1.54) is 28.4 Å². The second-order valence-electron chi connectivity index (χ2n) is 8.93. The molecule has 0 saturated heterocycles. The van der Waals surface area contributed by atoms with Gasteiger partial charge in [0.25, 0.3) is 0 Å². The molecule has 24 heteroatoms. The van der Waals surface area contributed by atoms with E-state index in [4.69, 9.17) is 46.5 Å². The summed E-state index contributed by atoms with van der Waals surface area (Å²) in [5.74, 6) is -0.0899. The molecular weight excluding hydrogens is 737 g/mol. The molecule has 0 spiro atoms. The number of hydrogen-bond acceptors (Lipinski definition) is 15. The van der Waals surface area contributed by atoms with Crippen molar-refractivity contribution in [3.05, 3.63) is 28.4 Å². The molecule has 0 fully saturated rings. The zero-order chi connectivity index (χ0) is 36.2. The van der Waals surface area contributed by atoms with Crippen LogP contribution in [0.3, 0.4) is 0 Å². The summed E-state index contributed by atoms with van der Waals surface area (Å²) in [4.78, 5) is -0.851. The van der Waals surface area contributed by atoms with Gasteiger partial charge in [-0.25, -0.2) is 21.6 Å². The standard InChI is InChI=1S/C24H43F3N3O14P2S2/c1-28-46(43-21-18-40-15-12-37-4,29-45(5,41-19-16-38-13-10-35-2)42-20-17-39-14-11-36-3)44-22-6-8-23(9-7-22)47(31,32)30-48(33,34)24(25,26)27/h6-9H,10-21H2,1-5H3/q-1. The van der Waals surface area contributed by atoms with Gasteiger partial charge in [-0.2, -0.15) is 17.7 Å². The largest absolute Gasteiger partial charge is 0.480 e. The third-order valence-electron chi connectivity index (χ3n) is 5.26. The number of ether oxygens (including phenoxy) is 6. The highest BCUT2D eigenvalue weighted by Crippen LogP contribution is 2.64. The average molecular weight is 781 g/mol. The summed E-state index contributed by atoms with van der Waals surface area (Å²) in [5.41, 5.74) is -5.91. The minimum Gasteiger partial charge on any atom is -0.424 e. The van der Waals surface area contributed by atoms with Gasteiger partial charge in [0.15, 0.2) is 10.0 Å². The van der Waals surface area contributed by atoms with Gasteiger partial charge in [-0.3, -0.25) is 4.52 Å². The maximum Gasteiger partial charge on any atom is 0.480 e. The predicted molar refractivity (Wildman–Crippen MR) is 169 cm³/mol. The van der Waals surface area contributed by atoms with Crippen LogP contribution in [-0.2, 0) is 62.0 Å². The number of alkyl halides is 3. The Morgan fingerprint density at radius 2 is 1.10 bits per heavy atom. The topological polar surface area (TPSA) is 199 Å². The molecule has 1 aromatic carbocycles. The normalized spacial score (nSPS) is 14.1. The van der Waals surface area contributed by atoms with Gasteiger partial charge >= 0.3 is 13.2 Å². The Bertz CT molecular complexity index is 1370. The highest BCUT2D eigenvalue weighted by atomic mass is 32.3. The number of benzene rings is 1. The first-order valence-corrected chi connectivity index (χ1v) is 20.4. The monoisotopic (exact) mass is 780 g/mol. The Morgan fingerprint density at radius 3 is 1.50 bits per heavy atom. The lowest BCUT2D eigenvalue weighted by molar-refractivity contribution is -0.0425. The van der Waals surface area contributed by atoms with E-state index in [9.17, 15) is 30.0 Å². The van der Waals surface area contributed by atoms with Crippen LogP contribution in [0.1, 0.15) is 0 Å². The van der Waals surface area contributed by atoms with Gasteiger partial charge in [0, 0.05) is 39.9 Å². The molecule has 1 aromatic rings. The van der Waals surface area contributed by atoms with Gasteiger partial charge in [0.05, 0.1) is 79.3 Å². The maximum absolute atomic E-state index is 12.7. The SMILES string of the molecule is CN=P(N=P(C)(OCCOCCOC)OCCOCCOC)(OCCOCCOC)Oc1ccc(S(=O)(=O)[N-]S(=O)(=O)C(F)(F)F)cc1. The van der Waals surface area contributed by atoms with E-state index < -0.39 is 45.6 Å². The second-order valence-corrected chi connectivity index (χ2v) is 17.0. The van der Waals surface area contributed by atoms with Crippen molar-refractivity contribution < 1.29 is 76.5 Å². The van der Waals surface area contributed by atoms with E-state index in [-0.39, 0.29) is 52.0 Å². The Morgan fingerprint density at radius 1 is 0.688 bits per heavy atom. The molecule has 1 atom stereocenters. The van der Waals surface area contributed by atoms with E-state index in [1.807, 2.05) is 0 Å². The van der Waals surface area contributed by atoms with Crippen molar-refractivity contribution in [3.8, 4) is 5.75 Å². The average Bonchev–Trinajstić information content (AvgIpc) is 3.01. The number of methoxy groups -OCH3 is 3. The van der Waals surface area contributed by atoms with Crippen molar-refractivity contribution in [3.63, 3.8) is 0 Å². The molecule has 1 unspecified atom stereocenters. The summed E-state index contributed by atoms with van der Waals surface area (Å²) >= 11 is 0. The molecular formula is C24H43F3N3O14P2S2-. The number of halogens is 3. The predicted octanol–water partition coefficient (Wildman–Crippen LogP) is 4.25. The van der Waals surface area contributed by atoms with Crippen LogP contribution in [-0.4, -0.2) is 137 Å². The molecule has 0 amide bonds. The fourth-order valence-electron chi connectivity index (χ4n) is 3.01. The lowest BCUT2D eigenvalue weighted by Crippen LogP contribution is -2.24. The zero-order valence-corrected chi connectivity index (χ0v) is 30.6. The molecule has 0 heterocycles. The second kappa shape index (κ2) is 22.6. The third-order valence-corrected chi connectivity index (χ3v) is 13.3. The molecule has 48 heavy (non-hydrogen) atoms. The number of sulfonamides is 2. The van der Waals surface area contributed by atoms with E-state index >= 15 is 0 Å². The summed E-state index contributed by atoms with van der Waals surface area (Å²) in [6, 6.07) is 3.69. The molecule has 17 nitrogen and oxygen atoms in total. The maximum atomic E-state index is 12.7. The fourth-order valence-corrected chi connectivity index (χ4v) is 9.79. The van der Waals surface area contributed by atoms with Crippen LogP contribution in [0.15, 0.2) is 38.4 Å². The van der Waals surface area contributed by atoms with Crippen LogP contribution in [0.25, 0.3) is 4.13 Å². The minimum absolute atomic E-state index is 0.0444. The molecule has 0 aliphatic heterocycles. The molecule has 0 saturated carbocycles. The first-order valence-electron chi connectivity index (χ1n) is 13.9. The summed E-state index contributed by atoms with van der Waals surface area (Å²) in [6.45, 7) is 3.96. The van der Waals surface area contributed by atoms with E-state index in [2.05, 4.69) is 13.4 Å². The smallest absolute Gasteiger partial charge is 0.424 e. The fraction of sp³-hybridized carbons (Fsp3) is 0.750. The molecule has 0 bridgehead atoms. The van der Waals surface area contributed by atoms with Crippen molar-refractivity contribution in [2.75, 3.05) is 114 Å². The Balaban J connectivity index is 3.40. The lowest BCUT2D eigenvalue weighted by Gasteiger charge is -2.26. The first-order chi connectivity index (χ1) is 22.6. The highest BCUT2D eigenvalue weighted by molar-refractivity contribution is 8.12. The van der Waals surface area contributed by atoms with Gasteiger partial charge < -0.3 is 46.1 Å². The van der Waals surface area contributed by atoms with Crippen LogP contribution in [0, 0.1) is 0 Å². The van der Waals surface area contributed by atoms with Gasteiger partial charge in [0.1, 0.15) is 15.8 Å². The van der Waals surface area contributed by atoms with Crippen molar-refractivity contribution in [2.45, 2.75) is 10.4 Å². The van der Waals surface area contributed by atoms with Crippen molar-refractivity contribution in [1.82, 2.24) is 0 Å². The van der Waals surface area contributed by atoms with Gasteiger partial charge in [-0.05, 0) is 24.3 Å². The number of hydrogen-bond donors (Lipinski definition) is 0. The Labute approximate surface area is 279 Å². The van der Waals surface area contributed by atoms with Crippen LogP contribution in [0.4, 0.5) is 13.2 Å². The van der Waals surface area contributed by atoms with Crippen LogP contribution >= 0.6 is 15.2 Å². The molecule has 1 rings (SSSR count). The van der Waals surface area contributed by atoms with Crippen molar-refractivity contribution in [2.24, 2.45) is 9.26 Å². The van der Waals surface area contributed by atoms with E-state index in [1.54, 1.807) is 6.66 Å². The Hall–Kier alpha value is -1.23. The van der Waals surface area contributed by atoms with Crippen LogP contribution in [0.2, 0.25) is 0 Å². The summed E-state index contributed by atoms with van der Waals surface area (Å²) in [5, 5.41) is 0. The summed E-state index contributed by atoms with van der Waals surface area (Å²) in [6.07, 6.45) is 0. The molecule has 0 aromatic heterocycles. The first kappa shape index (κ1) is 44.8. The van der Waals surface area contributed by atoms with Gasteiger partial charge in [-0.15, -0.1) is 0 Å². The van der Waals surface area contributed by atoms with Gasteiger partial charge in [-0.1, -0.05) is 0 Å². The van der Waals surface area contributed by atoms with Crippen molar-refractivity contribution >= 4 is 35.2 Å². The molecule has 0 radical (unpaired) electrons. The van der Waals surface area contributed by atoms with E-state index in [0.717, 1.165) is 24.3 Å². The lowest BCUT2D eigenvalue weighted by atomic mass is 10.3. The number of nitrogens with zero attached hydrogens (tertiary/aromatic N) is 3. The molecule has 0 aliphatic rings. The number of rotatable bonds is 27. The minimum atomic E-state index is -6.33. The zero-order valence-electron chi connectivity index (χ0n) is 27.2. The third kappa shape index (κ3) is 17.1. The highest BCUT2D eigenvalue weighted by Gasteiger charge is 2.40. The van der Waals surface area contributed by atoms with Crippen LogP contribution in [0.5, 0.6) is 5.75 Å². The van der Waals surface area contributed by atoms with Gasteiger partial charge in [0.2, 0.25) is 7.51 Å². The van der Waals surface area contributed by atoms with Crippen molar-refractivity contribution in [1.29, 1.82) is 0 Å². The van der Waals surface area contributed by atoms with Crippen LogP contribution < -0.4 is 4.52 Å².